The van der Waals surface area contributed by atoms with Gasteiger partial charge in [-0.2, -0.15) is 0 Å². The van der Waals surface area contributed by atoms with Gasteiger partial charge in [0.05, 0.1) is 0 Å². The predicted molar refractivity (Wildman–Crippen MR) is 96.0 cm³/mol. The minimum absolute atomic E-state index is 0.00725. The molecule has 23 heavy (non-hydrogen) atoms. The molecular weight excluding hydrogens is 359 g/mol. The molecule has 1 aromatic rings. The van der Waals surface area contributed by atoms with E-state index in [1.165, 1.54) is 56.7 Å². The number of unbranched alkanes of at least 4 members (excludes halogenated alkanes) is 5. The van der Waals surface area contributed by atoms with Crippen molar-refractivity contribution in [3.8, 4) is 0 Å². The summed E-state index contributed by atoms with van der Waals surface area (Å²) in [5.41, 5.74) is -0.0218. The van der Waals surface area contributed by atoms with E-state index >= 15 is 0 Å². The molecule has 3 nitrogen and oxygen atoms in total. The van der Waals surface area contributed by atoms with Gasteiger partial charge in [-0.05, 0) is 53.0 Å². The molecule has 0 saturated carbocycles. The summed E-state index contributed by atoms with van der Waals surface area (Å²) in [7, 11) is 0. The third kappa shape index (κ3) is 9.75. The minimum atomic E-state index is -0.797. The van der Waals surface area contributed by atoms with Crippen LogP contribution in [0.4, 0.5) is 0 Å². The molecule has 0 fully saturated rings. The molecule has 0 spiro atoms. The van der Waals surface area contributed by atoms with Crippen molar-refractivity contribution in [2.45, 2.75) is 52.4 Å². The highest BCUT2D eigenvalue weighted by Gasteiger charge is 2.12. The second-order valence-electron chi connectivity index (χ2n) is 5.03. The maximum atomic E-state index is 10.9. The molecule has 0 radical (unpaired) electrons. The van der Waals surface area contributed by atoms with Crippen molar-refractivity contribution < 1.29 is 14.4 Å². The molecule has 0 aliphatic carbocycles. The van der Waals surface area contributed by atoms with E-state index in [0.717, 1.165) is 0 Å². The first-order valence-electron chi connectivity index (χ1n) is 7.58. The van der Waals surface area contributed by atoms with E-state index in [4.69, 9.17) is 34.8 Å². The Labute approximate surface area is 152 Å². The number of hydrogen-bond donors (Lipinski definition) is 0. The summed E-state index contributed by atoms with van der Waals surface area (Å²) in [4.78, 5) is 32.6. The Hall–Kier alpha value is -0.900. The van der Waals surface area contributed by atoms with Crippen LogP contribution in [0.15, 0.2) is 18.2 Å². The monoisotopic (exact) mass is 378 g/mol. The molecule has 0 atom stereocenters. The smallest absolute Gasteiger partial charge is 0.252 e. The van der Waals surface area contributed by atoms with Crippen LogP contribution >= 0.6 is 34.8 Å². The molecule has 0 heterocycles. The lowest BCUT2D eigenvalue weighted by Gasteiger charge is -2.00. The molecule has 1 rings (SSSR count). The van der Waals surface area contributed by atoms with Gasteiger partial charge >= 0.3 is 0 Å². The lowest BCUT2D eigenvalue weighted by molar-refractivity contribution is 0.108. The van der Waals surface area contributed by atoms with Gasteiger partial charge in [-0.3, -0.25) is 14.4 Å². The van der Waals surface area contributed by atoms with Crippen molar-refractivity contribution in [3.63, 3.8) is 0 Å². The Morgan fingerprint density at radius 1 is 0.652 bits per heavy atom. The van der Waals surface area contributed by atoms with Crippen molar-refractivity contribution in [1.29, 1.82) is 0 Å². The summed E-state index contributed by atoms with van der Waals surface area (Å²) in [6.07, 6.45) is 8.49. The topological polar surface area (TPSA) is 51.2 Å². The molecule has 1 aromatic carbocycles. The van der Waals surface area contributed by atoms with Crippen LogP contribution in [-0.2, 0) is 0 Å². The molecule has 0 N–H and O–H groups in total. The fourth-order valence-electron chi connectivity index (χ4n) is 1.82. The predicted octanol–water partition coefficient (Wildman–Crippen LogP) is 6.19. The maximum absolute atomic E-state index is 10.9. The third-order valence-corrected chi connectivity index (χ3v) is 3.73. The lowest BCUT2D eigenvalue weighted by Crippen LogP contribution is -2.00. The van der Waals surface area contributed by atoms with Gasteiger partial charge in [0.1, 0.15) is 0 Å². The highest BCUT2D eigenvalue weighted by molar-refractivity contribution is 6.70. The van der Waals surface area contributed by atoms with E-state index in [1.807, 2.05) is 0 Å². The van der Waals surface area contributed by atoms with Crippen LogP contribution in [0, 0.1) is 0 Å². The summed E-state index contributed by atoms with van der Waals surface area (Å²) < 4.78 is 0. The lowest BCUT2D eigenvalue weighted by atomic mass is 10.1. The average molecular weight is 380 g/mol. The standard InChI is InChI=1S/C9H3Cl3O3.C8H18/c10-7(13)4-1-5(8(11)14)3-6(2-4)9(12)15;1-3-5-7-8-6-4-2/h1-3H;3-8H2,1-2H3. The van der Waals surface area contributed by atoms with Gasteiger partial charge in [-0.15, -0.1) is 0 Å². The van der Waals surface area contributed by atoms with Gasteiger partial charge in [0.15, 0.2) is 0 Å². The molecule has 6 heteroatoms. The molecule has 0 aliphatic rings. The van der Waals surface area contributed by atoms with E-state index < -0.39 is 15.7 Å². The summed E-state index contributed by atoms with van der Waals surface area (Å²) in [5, 5.41) is -2.39. The SMILES string of the molecule is CCCCCCCC.O=C(Cl)c1cc(C(=O)Cl)cc(C(=O)Cl)c1. The van der Waals surface area contributed by atoms with Crippen LogP contribution in [-0.4, -0.2) is 15.7 Å². The zero-order valence-corrected chi connectivity index (χ0v) is 15.6. The second-order valence-corrected chi connectivity index (χ2v) is 6.06. The number of rotatable bonds is 8. The van der Waals surface area contributed by atoms with Crippen molar-refractivity contribution in [1.82, 2.24) is 0 Å². The van der Waals surface area contributed by atoms with E-state index in [-0.39, 0.29) is 16.7 Å². The van der Waals surface area contributed by atoms with Crippen LogP contribution in [0.2, 0.25) is 0 Å². The summed E-state index contributed by atoms with van der Waals surface area (Å²) in [5.74, 6) is 0. The second kappa shape index (κ2) is 12.5. The van der Waals surface area contributed by atoms with Crippen LogP contribution in [0.3, 0.4) is 0 Å². The highest BCUT2D eigenvalue weighted by Crippen LogP contribution is 2.16. The van der Waals surface area contributed by atoms with Crippen LogP contribution in [0.25, 0.3) is 0 Å². The Morgan fingerprint density at radius 2 is 0.913 bits per heavy atom. The van der Waals surface area contributed by atoms with Crippen molar-refractivity contribution in [3.05, 3.63) is 34.9 Å². The fraction of sp³-hybridized carbons (Fsp3) is 0.471. The summed E-state index contributed by atoms with van der Waals surface area (Å²) >= 11 is 15.6. The number of benzene rings is 1. The quantitative estimate of drug-likeness (QED) is 0.399. The van der Waals surface area contributed by atoms with Crippen molar-refractivity contribution in [2.24, 2.45) is 0 Å². The van der Waals surface area contributed by atoms with E-state index in [9.17, 15) is 14.4 Å². The van der Waals surface area contributed by atoms with Crippen LogP contribution < -0.4 is 0 Å². The molecule has 128 valence electrons. The zero-order chi connectivity index (χ0) is 17.8. The van der Waals surface area contributed by atoms with Gasteiger partial charge < -0.3 is 0 Å². The Bertz CT molecular complexity index is 457. The Kier molecular flexibility index (Phi) is 12.0. The third-order valence-electron chi connectivity index (χ3n) is 3.07. The fourth-order valence-corrected chi connectivity index (χ4v) is 2.15. The van der Waals surface area contributed by atoms with Crippen LogP contribution in [0.5, 0.6) is 0 Å². The van der Waals surface area contributed by atoms with Crippen molar-refractivity contribution in [2.75, 3.05) is 0 Å². The number of halogens is 3. The zero-order valence-electron chi connectivity index (χ0n) is 13.3. The van der Waals surface area contributed by atoms with Crippen LogP contribution in [0.1, 0.15) is 83.4 Å². The molecule has 0 bridgehead atoms. The largest absolute Gasteiger partial charge is 0.276 e. The van der Waals surface area contributed by atoms with Gasteiger partial charge in [-0.25, -0.2) is 0 Å². The molecule has 0 aliphatic heterocycles. The number of carbonyl (C=O) groups excluding carboxylic acids is 3. The first-order chi connectivity index (χ1) is 10.8. The number of carbonyl (C=O) groups is 3. The summed E-state index contributed by atoms with van der Waals surface area (Å²) in [6, 6.07) is 3.57. The minimum Gasteiger partial charge on any atom is -0.276 e. The molecule has 0 saturated heterocycles. The first kappa shape index (κ1) is 22.1. The van der Waals surface area contributed by atoms with Gasteiger partial charge in [0.25, 0.3) is 15.7 Å². The first-order valence-corrected chi connectivity index (χ1v) is 8.71. The molecule has 0 aromatic heterocycles. The van der Waals surface area contributed by atoms with E-state index in [2.05, 4.69) is 13.8 Å². The Balaban J connectivity index is 0.000000515. The van der Waals surface area contributed by atoms with E-state index in [1.54, 1.807) is 0 Å². The normalized spacial score (nSPS) is 9.78. The van der Waals surface area contributed by atoms with Gasteiger partial charge in [0.2, 0.25) is 0 Å². The van der Waals surface area contributed by atoms with E-state index in [0.29, 0.717) is 0 Å². The van der Waals surface area contributed by atoms with Gasteiger partial charge in [-0.1, -0.05) is 52.4 Å². The molecular formula is C17H21Cl3O3. The van der Waals surface area contributed by atoms with Crippen molar-refractivity contribution >= 4 is 50.5 Å². The van der Waals surface area contributed by atoms with Gasteiger partial charge in [0, 0.05) is 16.7 Å². The highest BCUT2D eigenvalue weighted by atomic mass is 35.5. The maximum Gasteiger partial charge on any atom is 0.252 e. The molecule has 0 amide bonds. The number of hydrogen-bond acceptors (Lipinski definition) is 3. The molecule has 0 unspecified atom stereocenters. The summed E-state index contributed by atoms with van der Waals surface area (Å²) in [6.45, 7) is 4.51. The average Bonchev–Trinajstić information content (AvgIpc) is 2.51. The Morgan fingerprint density at radius 3 is 1.09 bits per heavy atom.